The summed E-state index contributed by atoms with van der Waals surface area (Å²) in [6.07, 6.45) is 5.07. The number of halogens is 1. The molecule has 1 aliphatic heterocycles. The summed E-state index contributed by atoms with van der Waals surface area (Å²) in [7, 11) is 2.16. The van der Waals surface area contributed by atoms with Crippen LogP contribution in [0.2, 0.25) is 5.28 Å². The van der Waals surface area contributed by atoms with Crippen LogP contribution in [-0.4, -0.2) is 51.1 Å². The number of likely N-dealkylation sites (tertiary alicyclic amines) is 1. The van der Waals surface area contributed by atoms with E-state index in [1.54, 1.807) is 6.33 Å². The zero-order valence-corrected chi connectivity index (χ0v) is 11.5. The van der Waals surface area contributed by atoms with Crippen molar-refractivity contribution in [2.45, 2.75) is 25.3 Å². The molecule has 19 heavy (non-hydrogen) atoms. The van der Waals surface area contributed by atoms with Crippen LogP contribution < -0.4 is 4.74 Å². The first-order chi connectivity index (χ1) is 9.24. The highest BCUT2D eigenvalue weighted by Crippen LogP contribution is 2.22. The molecule has 2 aromatic rings. The van der Waals surface area contributed by atoms with Crippen LogP contribution in [0.3, 0.4) is 0 Å². The molecular formula is C12H16ClN5O. The SMILES string of the molecule is CN1CCCC1CCOc1nc(Cl)nc2nc[nH]c12. The molecule has 102 valence electrons. The van der Waals surface area contributed by atoms with Gasteiger partial charge in [0.05, 0.1) is 12.9 Å². The van der Waals surface area contributed by atoms with Crippen molar-refractivity contribution in [3.63, 3.8) is 0 Å². The van der Waals surface area contributed by atoms with Crippen molar-refractivity contribution in [3.8, 4) is 5.88 Å². The third-order valence-electron chi connectivity index (χ3n) is 3.59. The standard InChI is InChI=1S/C12H16ClN5O/c1-18-5-2-3-8(18)4-6-19-11-9-10(15-7-14-9)16-12(13)17-11/h7-8H,2-6H2,1H3,(H,14,15,16,17). The fourth-order valence-electron chi connectivity index (χ4n) is 2.52. The summed E-state index contributed by atoms with van der Waals surface area (Å²) in [5.41, 5.74) is 1.23. The van der Waals surface area contributed by atoms with Gasteiger partial charge in [0.25, 0.3) is 0 Å². The van der Waals surface area contributed by atoms with E-state index in [0.717, 1.165) is 6.42 Å². The Hall–Kier alpha value is -1.40. The van der Waals surface area contributed by atoms with E-state index in [2.05, 4.69) is 31.9 Å². The van der Waals surface area contributed by atoms with Crippen LogP contribution in [0.25, 0.3) is 11.2 Å². The van der Waals surface area contributed by atoms with Crippen LogP contribution in [0.15, 0.2) is 6.33 Å². The van der Waals surface area contributed by atoms with E-state index in [-0.39, 0.29) is 5.28 Å². The molecule has 0 aliphatic carbocycles. The van der Waals surface area contributed by atoms with Gasteiger partial charge in [-0.25, -0.2) is 4.98 Å². The van der Waals surface area contributed by atoms with E-state index < -0.39 is 0 Å². The molecule has 3 heterocycles. The first kappa shape index (κ1) is 12.6. The summed E-state index contributed by atoms with van der Waals surface area (Å²) in [6.45, 7) is 1.80. The molecule has 0 bridgehead atoms. The Balaban J connectivity index is 1.66. The second kappa shape index (κ2) is 5.30. The summed E-state index contributed by atoms with van der Waals surface area (Å²) in [5, 5.41) is 0.160. The summed E-state index contributed by atoms with van der Waals surface area (Å²) in [4.78, 5) is 17.5. The molecular weight excluding hydrogens is 266 g/mol. The van der Waals surface area contributed by atoms with Crippen LogP contribution in [0.5, 0.6) is 5.88 Å². The Kier molecular flexibility index (Phi) is 3.52. The van der Waals surface area contributed by atoms with Gasteiger partial charge in [-0.15, -0.1) is 0 Å². The molecule has 1 fully saturated rings. The number of H-pyrrole nitrogens is 1. The van der Waals surface area contributed by atoms with Gasteiger partial charge in [0, 0.05) is 6.04 Å². The average Bonchev–Trinajstić information content (AvgIpc) is 2.98. The number of fused-ring (bicyclic) bond motifs is 1. The lowest BCUT2D eigenvalue weighted by Crippen LogP contribution is -2.26. The molecule has 2 aromatic heterocycles. The van der Waals surface area contributed by atoms with Crippen LogP contribution in [-0.2, 0) is 0 Å². The molecule has 0 aromatic carbocycles. The molecule has 3 rings (SSSR count). The second-order valence-electron chi connectivity index (χ2n) is 4.81. The maximum absolute atomic E-state index is 5.85. The summed E-state index contributed by atoms with van der Waals surface area (Å²) in [6, 6.07) is 0.606. The van der Waals surface area contributed by atoms with Crippen LogP contribution in [0.1, 0.15) is 19.3 Å². The molecule has 1 aliphatic rings. The number of aromatic nitrogens is 4. The molecule has 6 nitrogen and oxygen atoms in total. The Labute approximate surface area is 116 Å². The number of hydrogen-bond acceptors (Lipinski definition) is 5. The highest BCUT2D eigenvalue weighted by atomic mass is 35.5. The van der Waals surface area contributed by atoms with E-state index in [9.17, 15) is 0 Å². The minimum atomic E-state index is 0.160. The number of nitrogens with zero attached hydrogens (tertiary/aromatic N) is 4. The highest BCUT2D eigenvalue weighted by Gasteiger charge is 2.20. The van der Waals surface area contributed by atoms with Gasteiger partial charge in [-0.05, 0) is 44.5 Å². The van der Waals surface area contributed by atoms with Crippen molar-refractivity contribution in [1.82, 2.24) is 24.8 Å². The number of nitrogens with one attached hydrogen (secondary N) is 1. The normalized spacial score (nSPS) is 20.2. The number of imidazole rings is 1. The van der Waals surface area contributed by atoms with E-state index in [4.69, 9.17) is 16.3 Å². The predicted molar refractivity (Wildman–Crippen MR) is 72.5 cm³/mol. The van der Waals surface area contributed by atoms with E-state index in [1.807, 2.05) is 0 Å². The van der Waals surface area contributed by atoms with Crippen molar-refractivity contribution in [2.75, 3.05) is 20.2 Å². The van der Waals surface area contributed by atoms with Crippen molar-refractivity contribution in [1.29, 1.82) is 0 Å². The quantitative estimate of drug-likeness (QED) is 0.867. The smallest absolute Gasteiger partial charge is 0.244 e. The monoisotopic (exact) mass is 281 g/mol. The van der Waals surface area contributed by atoms with Gasteiger partial charge in [-0.3, -0.25) is 0 Å². The molecule has 1 N–H and O–H groups in total. The van der Waals surface area contributed by atoms with Crippen LogP contribution in [0.4, 0.5) is 0 Å². The third kappa shape index (κ3) is 2.64. The van der Waals surface area contributed by atoms with Crippen LogP contribution in [0, 0.1) is 0 Å². The Morgan fingerprint density at radius 1 is 1.53 bits per heavy atom. The highest BCUT2D eigenvalue weighted by molar-refractivity contribution is 6.28. The molecule has 1 unspecified atom stereocenters. The van der Waals surface area contributed by atoms with Crippen molar-refractivity contribution in [3.05, 3.63) is 11.6 Å². The van der Waals surface area contributed by atoms with E-state index >= 15 is 0 Å². The Morgan fingerprint density at radius 2 is 2.42 bits per heavy atom. The molecule has 1 atom stereocenters. The van der Waals surface area contributed by atoms with Gasteiger partial charge >= 0.3 is 0 Å². The second-order valence-corrected chi connectivity index (χ2v) is 5.15. The Bertz CT molecular complexity index is 572. The predicted octanol–water partition coefficient (Wildman–Crippen LogP) is 1.87. The van der Waals surface area contributed by atoms with E-state index in [0.29, 0.717) is 29.7 Å². The van der Waals surface area contributed by atoms with E-state index in [1.165, 1.54) is 19.4 Å². The van der Waals surface area contributed by atoms with Gasteiger partial charge in [0.1, 0.15) is 5.52 Å². The lowest BCUT2D eigenvalue weighted by atomic mass is 10.1. The Morgan fingerprint density at radius 3 is 3.21 bits per heavy atom. The first-order valence-electron chi connectivity index (χ1n) is 6.43. The fourth-order valence-corrected chi connectivity index (χ4v) is 2.68. The largest absolute Gasteiger partial charge is 0.476 e. The minimum Gasteiger partial charge on any atom is -0.476 e. The van der Waals surface area contributed by atoms with Gasteiger partial charge in [0.15, 0.2) is 5.65 Å². The number of hydrogen-bond donors (Lipinski definition) is 1. The average molecular weight is 282 g/mol. The van der Waals surface area contributed by atoms with Gasteiger partial charge in [-0.2, -0.15) is 9.97 Å². The van der Waals surface area contributed by atoms with Crippen molar-refractivity contribution < 1.29 is 4.74 Å². The number of aromatic amines is 1. The lowest BCUT2D eigenvalue weighted by Gasteiger charge is -2.19. The van der Waals surface area contributed by atoms with Crippen molar-refractivity contribution >= 4 is 22.8 Å². The molecule has 0 saturated carbocycles. The zero-order chi connectivity index (χ0) is 13.2. The molecule has 7 heteroatoms. The van der Waals surface area contributed by atoms with Gasteiger partial charge in [-0.1, -0.05) is 0 Å². The first-order valence-corrected chi connectivity index (χ1v) is 6.81. The summed E-state index contributed by atoms with van der Waals surface area (Å²) >= 11 is 5.85. The van der Waals surface area contributed by atoms with Crippen molar-refractivity contribution in [2.24, 2.45) is 0 Å². The molecule has 0 radical (unpaired) electrons. The zero-order valence-electron chi connectivity index (χ0n) is 10.8. The summed E-state index contributed by atoms with van der Waals surface area (Å²) in [5.74, 6) is 0.480. The van der Waals surface area contributed by atoms with Gasteiger partial charge < -0.3 is 14.6 Å². The van der Waals surface area contributed by atoms with Gasteiger partial charge in [0.2, 0.25) is 11.2 Å². The molecule has 0 spiro atoms. The maximum atomic E-state index is 5.85. The third-order valence-corrected chi connectivity index (χ3v) is 3.76. The fraction of sp³-hybridized carbons (Fsp3) is 0.583. The number of rotatable bonds is 4. The summed E-state index contributed by atoms with van der Waals surface area (Å²) < 4.78 is 5.74. The van der Waals surface area contributed by atoms with Crippen LogP contribution >= 0.6 is 11.6 Å². The number of ether oxygens (including phenoxy) is 1. The topological polar surface area (TPSA) is 66.9 Å². The maximum Gasteiger partial charge on any atom is 0.244 e. The minimum absolute atomic E-state index is 0.160. The lowest BCUT2D eigenvalue weighted by molar-refractivity contribution is 0.230. The molecule has 1 saturated heterocycles. The molecule has 0 amide bonds.